The number of benzene rings is 3. The van der Waals surface area contributed by atoms with Crippen molar-refractivity contribution in [2.24, 2.45) is 0 Å². The highest BCUT2D eigenvalue weighted by Crippen LogP contribution is 2.23. The molecule has 0 aliphatic rings. The van der Waals surface area contributed by atoms with Gasteiger partial charge in [-0.1, -0.05) is 54.4 Å². The predicted octanol–water partition coefficient (Wildman–Crippen LogP) is 4.03. The number of anilines is 1. The summed E-state index contributed by atoms with van der Waals surface area (Å²) in [6.07, 6.45) is 2.65. The normalized spacial score (nSPS) is 10.5. The van der Waals surface area contributed by atoms with Crippen LogP contribution in [0.4, 0.5) is 5.69 Å². The van der Waals surface area contributed by atoms with Crippen molar-refractivity contribution in [3.05, 3.63) is 101 Å². The second-order valence-electron chi connectivity index (χ2n) is 8.60. The molecule has 0 radical (unpaired) electrons. The maximum atomic E-state index is 12.9. The van der Waals surface area contributed by atoms with Crippen LogP contribution >= 0.6 is 11.9 Å². The van der Waals surface area contributed by atoms with E-state index in [-0.39, 0.29) is 17.8 Å². The van der Waals surface area contributed by atoms with E-state index in [4.69, 9.17) is 4.74 Å². The van der Waals surface area contributed by atoms with E-state index in [1.165, 1.54) is 19.1 Å². The topological polar surface area (TPSA) is 99.8 Å². The number of amides is 2. The van der Waals surface area contributed by atoms with E-state index in [9.17, 15) is 14.4 Å². The molecule has 0 aliphatic carbocycles. The molecule has 8 nitrogen and oxygen atoms in total. The zero-order valence-corrected chi connectivity index (χ0v) is 22.8. The summed E-state index contributed by atoms with van der Waals surface area (Å²) in [7, 11) is 3.25. The lowest BCUT2D eigenvalue weighted by Crippen LogP contribution is -2.28. The first-order valence-corrected chi connectivity index (χ1v) is 13.5. The highest BCUT2D eigenvalue weighted by Gasteiger charge is 2.15. The third-order valence-corrected chi connectivity index (χ3v) is 6.63. The average molecular weight is 535 g/mol. The molecular formula is C29H34N4O4S. The predicted molar refractivity (Wildman–Crippen MR) is 152 cm³/mol. The Hall–Kier alpha value is -3.82. The Labute approximate surface area is 228 Å². The second kappa shape index (κ2) is 14.8. The van der Waals surface area contributed by atoms with Gasteiger partial charge in [-0.2, -0.15) is 0 Å². The molecule has 3 rings (SSSR count). The van der Waals surface area contributed by atoms with Gasteiger partial charge in [0.1, 0.15) is 0 Å². The second-order valence-corrected chi connectivity index (χ2v) is 9.51. The largest absolute Gasteiger partial charge is 0.465 e. The van der Waals surface area contributed by atoms with E-state index in [0.717, 1.165) is 23.2 Å². The van der Waals surface area contributed by atoms with E-state index in [1.807, 2.05) is 60.1 Å². The molecule has 0 spiro atoms. The average Bonchev–Trinajstić information content (AvgIpc) is 2.97. The SMILES string of the molecule is COC(=O)c1cccc(CNCCCNC(=O)c2cc(C(=O)NCc3ccccc3)cc(N(C)SC)c2)c1. The zero-order valence-electron chi connectivity index (χ0n) is 22.0. The lowest BCUT2D eigenvalue weighted by atomic mass is 10.1. The lowest BCUT2D eigenvalue weighted by molar-refractivity contribution is 0.0600. The zero-order chi connectivity index (χ0) is 27.3. The van der Waals surface area contributed by atoms with Gasteiger partial charge in [-0.05, 0) is 54.4 Å². The van der Waals surface area contributed by atoms with E-state index in [2.05, 4.69) is 16.0 Å². The minimum Gasteiger partial charge on any atom is -0.465 e. The maximum Gasteiger partial charge on any atom is 0.337 e. The van der Waals surface area contributed by atoms with Gasteiger partial charge in [0, 0.05) is 49.8 Å². The monoisotopic (exact) mass is 534 g/mol. The van der Waals surface area contributed by atoms with Gasteiger partial charge in [0.15, 0.2) is 0 Å². The number of nitrogens with one attached hydrogen (secondary N) is 3. The van der Waals surface area contributed by atoms with Gasteiger partial charge in [0.25, 0.3) is 11.8 Å². The molecule has 0 aliphatic heterocycles. The highest BCUT2D eigenvalue weighted by atomic mass is 32.2. The van der Waals surface area contributed by atoms with E-state index in [1.54, 1.807) is 30.3 Å². The van der Waals surface area contributed by atoms with E-state index in [0.29, 0.717) is 42.9 Å². The van der Waals surface area contributed by atoms with Gasteiger partial charge in [-0.15, -0.1) is 0 Å². The van der Waals surface area contributed by atoms with Crippen molar-refractivity contribution in [2.75, 3.05) is 37.8 Å². The van der Waals surface area contributed by atoms with Crippen LogP contribution in [0.2, 0.25) is 0 Å². The molecule has 0 heterocycles. The molecule has 200 valence electrons. The van der Waals surface area contributed by atoms with E-state index >= 15 is 0 Å². The van der Waals surface area contributed by atoms with Crippen LogP contribution in [0.15, 0.2) is 72.8 Å². The quantitative estimate of drug-likeness (QED) is 0.173. The van der Waals surface area contributed by atoms with Gasteiger partial charge in [0.05, 0.1) is 12.7 Å². The summed E-state index contributed by atoms with van der Waals surface area (Å²) in [4.78, 5) is 37.5. The molecule has 3 N–H and O–H groups in total. The van der Waals surface area contributed by atoms with E-state index < -0.39 is 0 Å². The van der Waals surface area contributed by atoms with Crippen molar-refractivity contribution in [1.82, 2.24) is 16.0 Å². The maximum absolute atomic E-state index is 12.9. The van der Waals surface area contributed by atoms with Crippen molar-refractivity contribution in [3.8, 4) is 0 Å². The molecule has 0 atom stereocenters. The molecule has 38 heavy (non-hydrogen) atoms. The number of nitrogens with zero attached hydrogens (tertiary/aromatic N) is 1. The Morgan fingerprint density at radius 2 is 1.47 bits per heavy atom. The molecule has 9 heteroatoms. The van der Waals surface area contributed by atoms with Gasteiger partial charge >= 0.3 is 5.97 Å². The Kier molecular flexibility index (Phi) is 11.2. The fourth-order valence-electron chi connectivity index (χ4n) is 3.72. The van der Waals surface area contributed by atoms with Crippen molar-refractivity contribution < 1.29 is 19.1 Å². The van der Waals surface area contributed by atoms with Gasteiger partial charge in [-0.25, -0.2) is 4.79 Å². The molecule has 0 saturated carbocycles. The first-order chi connectivity index (χ1) is 18.4. The minimum atomic E-state index is -0.362. The Bertz CT molecular complexity index is 1240. The standard InChI is InChI=1S/C29H34N4O4S/c1-33(38-3)26-17-24(16-25(18-26)28(35)32-20-21-9-5-4-6-10-21)27(34)31-14-8-13-30-19-22-11-7-12-23(15-22)29(36)37-2/h4-7,9-12,15-18,30H,8,13-14,19-20H2,1-3H3,(H,31,34)(H,32,35). The van der Waals surface area contributed by atoms with Crippen LogP contribution in [-0.4, -0.2) is 51.3 Å². The van der Waals surface area contributed by atoms with Gasteiger partial charge in [-0.3, -0.25) is 9.59 Å². The van der Waals surface area contributed by atoms with Crippen LogP contribution in [0.1, 0.15) is 48.6 Å². The third kappa shape index (κ3) is 8.64. The molecule has 0 aromatic heterocycles. The van der Waals surface area contributed by atoms with Gasteiger partial charge < -0.3 is 25.0 Å². The number of ether oxygens (including phenoxy) is 1. The summed E-state index contributed by atoms with van der Waals surface area (Å²) in [5.41, 5.74) is 4.12. The van der Waals surface area contributed by atoms with Crippen LogP contribution in [0.3, 0.4) is 0 Å². The van der Waals surface area contributed by atoms with Crippen molar-refractivity contribution in [3.63, 3.8) is 0 Å². The first-order valence-electron chi connectivity index (χ1n) is 12.3. The Morgan fingerprint density at radius 1 is 0.789 bits per heavy atom. The summed E-state index contributed by atoms with van der Waals surface area (Å²) in [5.74, 6) is -0.830. The van der Waals surface area contributed by atoms with Crippen molar-refractivity contribution in [1.29, 1.82) is 0 Å². The number of carbonyl (C=O) groups is 3. The fourth-order valence-corrected chi connectivity index (χ4v) is 4.03. The third-order valence-electron chi connectivity index (χ3n) is 5.87. The minimum absolute atomic E-state index is 0.232. The molecule has 0 unspecified atom stereocenters. The summed E-state index contributed by atoms with van der Waals surface area (Å²) in [6.45, 7) is 2.17. The number of hydrogen-bond acceptors (Lipinski definition) is 7. The van der Waals surface area contributed by atoms with Crippen LogP contribution in [0.5, 0.6) is 0 Å². The number of carbonyl (C=O) groups excluding carboxylic acids is 3. The summed E-state index contributed by atoms with van der Waals surface area (Å²) >= 11 is 1.49. The molecule has 0 bridgehead atoms. The fraction of sp³-hybridized carbons (Fsp3) is 0.276. The molecular weight excluding hydrogens is 500 g/mol. The molecule has 2 amide bonds. The molecule has 0 fully saturated rings. The first kappa shape index (κ1) is 28.7. The summed E-state index contributed by atoms with van der Waals surface area (Å²) < 4.78 is 6.67. The number of methoxy groups -OCH3 is 1. The lowest BCUT2D eigenvalue weighted by Gasteiger charge is -2.18. The smallest absolute Gasteiger partial charge is 0.337 e. The summed E-state index contributed by atoms with van der Waals surface area (Å²) in [6, 6.07) is 22.2. The van der Waals surface area contributed by atoms with Crippen LogP contribution in [-0.2, 0) is 17.8 Å². The van der Waals surface area contributed by atoms with Crippen molar-refractivity contribution >= 4 is 35.4 Å². The highest BCUT2D eigenvalue weighted by molar-refractivity contribution is 7.99. The molecule has 3 aromatic rings. The van der Waals surface area contributed by atoms with Gasteiger partial charge in [0.2, 0.25) is 0 Å². The van der Waals surface area contributed by atoms with Crippen LogP contribution in [0, 0.1) is 0 Å². The van der Waals surface area contributed by atoms with Crippen LogP contribution in [0.25, 0.3) is 0 Å². The Balaban J connectivity index is 1.53. The number of esters is 1. The Morgan fingerprint density at radius 3 is 2.16 bits per heavy atom. The summed E-state index contributed by atoms with van der Waals surface area (Å²) in [5, 5.41) is 9.19. The molecule has 3 aromatic carbocycles. The number of hydrogen-bond donors (Lipinski definition) is 3. The van der Waals surface area contributed by atoms with Crippen LogP contribution < -0.4 is 20.3 Å². The van der Waals surface area contributed by atoms with Crippen molar-refractivity contribution in [2.45, 2.75) is 19.5 Å². The number of rotatable bonds is 13. The molecule has 0 saturated heterocycles.